The topological polar surface area (TPSA) is 80.3 Å². The number of nitrogens with one attached hydrogen (secondary N) is 1. The molecule has 1 aliphatic rings. The van der Waals surface area contributed by atoms with E-state index in [2.05, 4.69) is 21.0 Å². The molecular formula is C20H22N4O3S. The van der Waals surface area contributed by atoms with Crippen LogP contribution in [-0.4, -0.2) is 57.8 Å². The number of aromatic amines is 1. The van der Waals surface area contributed by atoms with Crippen molar-refractivity contribution in [1.29, 1.82) is 0 Å². The highest BCUT2D eigenvalue weighted by Gasteiger charge is 2.25. The molecule has 0 saturated carbocycles. The molecular weight excluding hydrogens is 376 g/mol. The molecule has 0 spiro atoms. The first kappa shape index (κ1) is 18.6. The third kappa shape index (κ3) is 4.22. The zero-order valence-corrected chi connectivity index (χ0v) is 16.4. The average Bonchev–Trinajstić information content (AvgIpc) is 3.15. The van der Waals surface area contributed by atoms with E-state index in [1.165, 1.54) is 6.20 Å². The number of piperidine rings is 1. The van der Waals surface area contributed by atoms with Gasteiger partial charge in [0.15, 0.2) is 0 Å². The molecule has 1 amide bonds. The number of aromatic nitrogens is 3. The molecule has 4 rings (SSSR count). The van der Waals surface area contributed by atoms with E-state index in [0.717, 1.165) is 35.2 Å². The fraction of sp³-hybridized carbons (Fsp3) is 0.350. The Kier molecular flexibility index (Phi) is 5.66. The fourth-order valence-electron chi connectivity index (χ4n) is 3.31. The Labute approximate surface area is 167 Å². The van der Waals surface area contributed by atoms with E-state index in [4.69, 9.17) is 9.47 Å². The largest absolute Gasteiger partial charge is 0.480 e. The Hall–Kier alpha value is -2.74. The number of para-hydroxylation sites is 1. The highest BCUT2D eigenvalue weighted by molar-refractivity contribution is 8.00. The summed E-state index contributed by atoms with van der Waals surface area (Å²) in [6, 6.07) is 8.11. The summed E-state index contributed by atoms with van der Waals surface area (Å²) in [7, 11) is 1.54. The van der Waals surface area contributed by atoms with E-state index < -0.39 is 0 Å². The molecule has 0 bridgehead atoms. The minimum absolute atomic E-state index is 0.0859. The number of H-pyrrole nitrogens is 1. The molecule has 1 unspecified atom stereocenters. The van der Waals surface area contributed by atoms with Crippen LogP contribution in [0.5, 0.6) is 11.8 Å². The van der Waals surface area contributed by atoms with Crippen LogP contribution in [0.2, 0.25) is 0 Å². The average molecular weight is 398 g/mol. The number of thioether (sulfide) groups is 1. The lowest BCUT2D eigenvalue weighted by molar-refractivity contribution is -0.130. The van der Waals surface area contributed by atoms with Gasteiger partial charge in [-0.3, -0.25) is 9.78 Å². The van der Waals surface area contributed by atoms with Gasteiger partial charge in [0.1, 0.15) is 6.10 Å². The second-order valence-electron chi connectivity index (χ2n) is 6.61. The van der Waals surface area contributed by atoms with Gasteiger partial charge in [-0.2, -0.15) is 4.98 Å². The zero-order chi connectivity index (χ0) is 19.3. The summed E-state index contributed by atoms with van der Waals surface area (Å²) in [5.74, 6) is 1.37. The first-order valence-electron chi connectivity index (χ1n) is 9.22. The smallest absolute Gasteiger partial charge is 0.235 e. The molecule has 146 valence electrons. The molecule has 3 heterocycles. The first-order chi connectivity index (χ1) is 13.7. The number of carbonyl (C=O) groups is 1. The first-order valence-corrected chi connectivity index (χ1v) is 10.2. The van der Waals surface area contributed by atoms with E-state index >= 15 is 0 Å². The van der Waals surface area contributed by atoms with Crippen molar-refractivity contribution in [3.8, 4) is 11.8 Å². The number of hydrogen-bond donors (Lipinski definition) is 1. The van der Waals surface area contributed by atoms with Gasteiger partial charge >= 0.3 is 0 Å². The molecule has 2 aromatic heterocycles. The van der Waals surface area contributed by atoms with Gasteiger partial charge in [0.05, 0.1) is 31.8 Å². The lowest BCUT2D eigenvalue weighted by atomic mass is 10.1. The molecule has 1 aliphatic heterocycles. The van der Waals surface area contributed by atoms with E-state index in [0.29, 0.717) is 24.1 Å². The number of methoxy groups -OCH3 is 1. The molecule has 0 radical (unpaired) electrons. The predicted octanol–water partition coefficient (Wildman–Crippen LogP) is 3.13. The van der Waals surface area contributed by atoms with Gasteiger partial charge in [-0.05, 0) is 18.9 Å². The van der Waals surface area contributed by atoms with Crippen molar-refractivity contribution < 1.29 is 14.3 Å². The predicted molar refractivity (Wildman–Crippen MR) is 108 cm³/mol. The van der Waals surface area contributed by atoms with Crippen molar-refractivity contribution in [3.63, 3.8) is 0 Å². The number of ether oxygens (including phenoxy) is 2. The highest BCUT2D eigenvalue weighted by atomic mass is 32.2. The van der Waals surface area contributed by atoms with Crippen LogP contribution in [0, 0.1) is 0 Å². The van der Waals surface area contributed by atoms with Crippen molar-refractivity contribution >= 4 is 28.6 Å². The molecule has 8 heteroatoms. The van der Waals surface area contributed by atoms with Gasteiger partial charge in [-0.1, -0.05) is 18.2 Å². The fourth-order valence-corrected chi connectivity index (χ4v) is 4.25. The molecule has 3 aromatic rings. The van der Waals surface area contributed by atoms with Crippen molar-refractivity contribution in [3.05, 3.63) is 42.9 Å². The Bertz CT molecular complexity index is 961. The molecule has 1 saturated heterocycles. The maximum atomic E-state index is 12.7. The van der Waals surface area contributed by atoms with Crippen molar-refractivity contribution in [1.82, 2.24) is 19.9 Å². The van der Waals surface area contributed by atoms with Crippen molar-refractivity contribution in [2.45, 2.75) is 23.8 Å². The number of benzene rings is 1. The Morgan fingerprint density at radius 1 is 1.32 bits per heavy atom. The quantitative estimate of drug-likeness (QED) is 0.643. The summed E-state index contributed by atoms with van der Waals surface area (Å²) in [6.07, 6.45) is 6.77. The normalized spacial score (nSPS) is 16.9. The molecule has 1 aromatic carbocycles. The van der Waals surface area contributed by atoms with Gasteiger partial charge < -0.3 is 19.4 Å². The number of rotatable bonds is 6. The van der Waals surface area contributed by atoms with Gasteiger partial charge in [-0.15, -0.1) is 11.8 Å². The van der Waals surface area contributed by atoms with Crippen LogP contribution in [0.4, 0.5) is 0 Å². The molecule has 0 aliphatic carbocycles. The van der Waals surface area contributed by atoms with Crippen LogP contribution in [0.1, 0.15) is 12.8 Å². The van der Waals surface area contributed by atoms with E-state index in [9.17, 15) is 4.79 Å². The SMILES string of the molecule is COc1cncc(OC2CCCN(C(=O)CSc3c[nH]c4ccccc34)C2)n1. The number of fused-ring (bicyclic) bond motifs is 1. The molecule has 1 atom stereocenters. The zero-order valence-electron chi connectivity index (χ0n) is 15.6. The van der Waals surface area contributed by atoms with Crippen molar-refractivity contribution in [2.75, 3.05) is 26.0 Å². The lowest BCUT2D eigenvalue weighted by Crippen LogP contribution is -2.45. The maximum Gasteiger partial charge on any atom is 0.235 e. The standard InChI is InChI=1S/C20H22N4O3S/c1-26-18-10-21-11-19(23-18)27-14-5-4-8-24(12-14)20(25)13-28-17-9-22-16-7-3-2-6-15(16)17/h2-3,6-7,9-11,14,22H,4-5,8,12-13H2,1H3. The second kappa shape index (κ2) is 8.52. The number of nitrogens with zero attached hydrogens (tertiary/aromatic N) is 3. The van der Waals surface area contributed by atoms with Crippen LogP contribution in [-0.2, 0) is 4.79 Å². The number of carbonyl (C=O) groups excluding carboxylic acids is 1. The van der Waals surface area contributed by atoms with E-state index in [1.54, 1.807) is 25.1 Å². The molecule has 1 fully saturated rings. The van der Waals surface area contributed by atoms with Gasteiger partial charge in [0.2, 0.25) is 17.7 Å². The minimum atomic E-state index is -0.0859. The third-order valence-corrected chi connectivity index (χ3v) is 5.76. The molecule has 7 nitrogen and oxygen atoms in total. The third-order valence-electron chi connectivity index (χ3n) is 4.72. The Morgan fingerprint density at radius 2 is 2.18 bits per heavy atom. The van der Waals surface area contributed by atoms with Crippen LogP contribution >= 0.6 is 11.8 Å². The Balaban J connectivity index is 1.34. The molecule has 1 N–H and O–H groups in total. The summed E-state index contributed by atoms with van der Waals surface area (Å²) in [5.41, 5.74) is 1.09. The van der Waals surface area contributed by atoms with Crippen LogP contribution in [0.3, 0.4) is 0 Å². The summed E-state index contributed by atoms with van der Waals surface area (Å²) < 4.78 is 11.0. The monoisotopic (exact) mass is 398 g/mol. The summed E-state index contributed by atoms with van der Waals surface area (Å²) >= 11 is 1.57. The number of hydrogen-bond acceptors (Lipinski definition) is 6. The number of likely N-dealkylation sites (tertiary alicyclic amines) is 1. The second-order valence-corrected chi connectivity index (χ2v) is 7.63. The van der Waals surface area contributed by atoms with Crippen LogP contribution < -0.4 is 9.47 Å². The van der Waals surface area contributed by atoms with Gasteiger partial charge in [-0.25, -0.2) is 0 Å². The summed E-state index contributed by atoms with van der Waals surface area (Å²) in [6.45, 7) is 1.32. The molecule has 28 heavy (non-hydrogen) atoms. The van der Waals surface area contributed by atoms with Gasteiger partial charge in [0, 0.05) is 28.5 Å². The lowest BCUT2D eigenvalue weighted by Gasteiger charge is -2.32. The number of amides is 1. The van der Waals surface area contributed by atoms with Gasteiger partial charge in [0.25, 0.3) is 0 Å². The van der Waals surface area contributed by atoms with Crippen LogP contribution in [0.25, 0.3) is 10.9 Å². The van der Waals surface area contributed by atoms with Crippen molar-refractivity contribution in [2.24, 2.45) is 0 Å². The van der Waals surface area contributed by atoms with E-state index in [-0.39, 0.29) is 12.0 Å². The highest BCUT2D eigenvalue weighted by Crippen LogP contribution is 2.28. The minimum Gasteiger partial charge on any atom is -0.480 e. The summed E-state index contributed by atoms with van der Waals surface area (Å²) in [5, 5.41) is 1.15. The Morgan fingerprint density at radius 3 is 3.07 bits per heavy atom. The van der Waals surface area contributed by atoms with Crippen LogP contribution in [0.15, 0.2) is 47.8 Å². The maximum absolute atomic E-state index is 12.7. The van der Waals surface area contributed by atoms with E-state index in [1.807, 2.05) is 29.3 Å². The summed E-state index contributed by atoms with van der Waals surface area (Å²) in [4.78, 5) is 27.2.